The highest BCUT2D eigenvalue weighted by Crippen LogP contribution is 2.20. The zero-order valence-corrected chi connectivity index (χ0v) is 12.7. The summed E-state index contributed by atoms with van der Waals surface area (Å²) in [6.45, 7) is 2.13. The number of rotatable bonds is 5. The Morgan fingerprint density at radius 3 is 2.68 bits per heavy atom. The lowest BCUT2D eigenvalue weighted by Crippen LogP contribution is -2.23. The van der Waals surface area contributed by atoms with Crippen LogP contribution in [-0.2, 0) is 14.3 Å². The largest absolute Gasteiger partial charge is 0.463 e. The van der Waals surface area contributed by atoms with Gasteiger partial charge in [-0.05, 0) is 50.0 Å². The Bertz CT molecular complexity index is 572. The molecule has 1 aliphatic rings. The van der Waals surface area contributed by atoms with Gasteiger partial charge < -0.3 is 10.1 Å². The van der Waals surface area contributed by atoms with Crippen LogP contribution in [-0.4, -0.2) is 18.5 Å². The van der Waals surface area contributed by atoms with Crippen molar-refractivity contribution in [1.82, 2.24) is 0 Å². The first-order valence-corrected chi connectivity index (χ1v) is 7.60. The fourth-order valence-electron chi connectivity index (χ4n) is 2.31. The van der Waals surface area contributed by atoms with Crippen LogP contribution in [0.2, 0.25) is 0 Å². The maximum Gasteiger partial charge on any atom is 0.330 e. The summed E-state index contributed by atoms with van der Waals surface area (Å²) in [5.41, 5.74) is 1.65. The van der Waals surface area contributed by atoms with E-state index in [4.69, 9.17) is 4.74 Å². The average molecular weight is 299 g/mol. The van der Waals surface area contributed by atoms with E-state index in [1.54, 1.807) is 13.0 Å². The van der Waals surface area contributed by atoms with Crippen LogP contribution in [0.5, 0.6) is 0 Å². The third-order valence-corrected chi connectivity index (χ3v) is 3.52. The lowest BCUT2D eigenvalue weighted by atomic mass is 9.93. The van der Waals surface area contributed by atoms with Crippen LogP contribution in [0.25, 0.3) is 6.08 Å². The van der Waals surface area contributed by atoms with Gasteiger partial charge in [0, 0.05) is 17.7 Å². The molecule has 1 N–H and O–H groups in total. The van der Waals surface area contributed by atoms with E-state index >= 15 is 0 Å². The fourth-order valence-corrected chi connectivity index (χ4v) is 2.31. The molecule has 1 aromatic carbocycles. The maximum atomic E-state index is 12.1. The first-order chi connectivity index (χ1) is 10.7. The third kappa shape index (κ3) is 4.88. The second-order valence-electron chi connectivity index (χ2n) is 5.18. The molecule has 0 aliphatic heterocycles. The molecule has 0 heterocycles. The van der Waals surface area contributed by atoms with E-state index in [0.717, 1.165) is 30.5 Å². The second kappa shape index (κ2) is 8.17. The number of allylic oxidation sites excluding steroid dienone is 2. The number of ether oxygens (including phenoxy) is 1. The Kier molecular flexibility index (Phi) is 5.95. The molecule has 1 atom stereocenters. The van der Waals surface area contributed by atoms with Gasteiger partial charge in [0.1, 0.15) is 0 Å². The number of nitrogens with one attached hydrogen (secondary N) is 1. The van der Waals surface area contributed by atoms with Crippen molar-refractivity contribution >= 4 is 23.6 Å². The van der Waals surface area contributed by atoms with Crippen molar-refractivity contribution < 1.29 is 14.3 Å². The first kappa shape index (κ1) is 16.0. The van der Waals surface area contributed by atoms with Crippen molar-refractivity contribution in [2.75, 3.05) is 11.9 Å². The van der Waals surface area contributed by atoms with Gasteiger partial charge in [-0.25, -0.2) is 4.79 Å². The molecule has 0 aromatic heterocycles. The molecule has 1 unspecified atom stereocenters. The molecule has 0 spiro atoms. The molecule has 4 nitrogen and oxygen atoms in total. The van der Waals surface area contributed by atoms with Crippen LogP contribution < -0.4 is 5.32 Å². The van der Waals surface area contributed by atoms with Gasteiger partial charge in [-0.15, -0.1) is 0 Å². The van der Waals surface area contributed by atoms with Crippen LogP contribution in [0.15, 0.2) is 42.5 Å². The number of carbonyl (C=O) groups is 2. The summed E-state index contributed by atoms with van der Waals surface area (Å²) in [4.78, 5) is 23.4. The normalized spacial score (nSPS) is 17.4. The van der Waals surface area contributed by atoms with E-state index in [9.17, 15) is 9.59 Å². The molecule has 22 heavy (non-hydrogen) atoms. The average Bonchev–Trinajstić information content (AvgIpc) is 2.55. The number of anilines is 1. The van der Waals surface area contributed by atoms with Crippen LogP contribution in [0.1, 0.15) is 31.7 Å². The molecule has 0 bridgehead atoms. The minimum absolute atomic E-state index is 0.0633. The van der Waals surface area contributed by atoms with Crippen molar-refractivity contribution in [2.24, 2.45) is 5.92 Å². The van der Waals surface area contributed by atoms with E-state index in [1.807, 2.05) is 24.3 Å². The van der Waals surface area contributed by atoms with Crippen molar-refractivity contribution in [1.29, 1.82) is 0 Å². The molecule has 1 amide bonds. The lowest BCUT2D eigenvalue weighted by Gasteiger charge is -2.17. The maximum absolute atomic E-state index is 12.1. The Morgan fingerprint density at radius 1 is 1.27 bits per heavy atom. The van der Waals surface area contributed by atoms with Crippen molar-refractivity contribution in [2.45, 2.75) is 26.2 Å². The van der Waals surface area contributed by atoms with Crippen molar-refractivity contribution in [3.05, 3.63) is 48.1 Å². The molecular weight excluding hydrogens is 278 g/mol. The summed E-state index contributed by atoms with van der Waals surface area (Å²) >= 11 is 0. The highest BCUT2D eigenvalue weighted by Gasteiger charge is 2.18. The summed E-state index contributed by atoms with van der Waals surface area (Å²) in [6.07, 6.45) is 9.96. The predicted molar refractivity (Wildman–Crippen MR) is 87.2 cm³/mol. The molecule has 0 saturated heterocycles. The fraction of sp³-hybridized carbons (Fsp3) is 0.333. The van der Waals surface area contributed by atoms with E-state index in [2.05, 4.69) is 17.5 Å². The Morgan fingerprint density at radius 2 is 2.05 bits per heavy atom. The van der Waals surface area contributed by atoms with Gasteiger partial charge >= 0.3 is 5.97 Å². The minimum Gasteiger partial charge on any atom is -0.463 e. The Labute approximate surface area is 130 Å². The Hall–Kier alpha value is -2.36. The van der Waals surface area contributed by atoms with E-state index in [-0.39, 0.29) is 17.8 Å². The summed E-state index contributed by atoms with van der Waals surface area (Å²) < 4.78 is 4.82. The molecule has 0 saturated carbocycles. The quantitative estimate of drug-likeness (QED) is 0.514. The molecule has 116 valence electrons. The summed E-state index contributed by atoms with van der Waals surface area (Å²) in [5, 5.41) is 2.94. The van der Waals surface area contributed by atoms with Crippen LogP contribution in [0.3, 0.4) is 0 Å². The first-order valence-electron chi connectivity index (χ1n) is 7.60. The topological polar surface area (TPSA) is 55.4 Å². The zero-order valence-electron chi connectivity index (χ0n) is 12.7. The second-order valence-corrected chi connectivity index (χ2v) is 5.18. The van der Waals surface area contributed by atoms with E-state index in [0.29, 0.717) is 6.61 Å². The molecule has 1 aromatic rings. The molecule has 0 fully saturated rings. The SMILES string of the molecule is CCOC(=O)/C=C/c1ccc(NC(=O)C2CC=CCC2)cc1. The van der Waals surface area contributed by atoms with Gasteiger partial charge in [0.15, 0.2) is 0 Å². The monoisotopic (exact) mass is 299 g/mol. The van der Waals surface area contributed by atoms with Gasteiger partial charge in [0.2, 0.25) is 5.91 Å². The lowest BCUT2D eigenvalue weighted by molar-refractivity contribution is -0.137. The molecule has 2 rings (SSSR count). The highest BCUT2D eigenvalue weighted by molar-refractivity contribution is 5.93. The Balaban J connectivity index is 1.90. The van der Waals surface area contributed by atoms with Gasteiger partial charge in [0.25, 0.3) is 0 Å². The van der Waals surface area contributed by atoms with Crippen LogP contribution in [0, 0.1) is 5.92 Å². The van der Waals surface area contributed by atoms with Gasteiger partial charge in [-0.3, -0.25) is 4.79 Å². The number of esters is 1. The number of hydrogen-bond donors (Lipinski definition) is 1. The van der Waals surface area contributed by atoms with Gasteiger partial charge in [-0.2, -0.15) is 0 Å². The molecule has 1 aliphatic carbocycles. The highest BCUT2D eigenvalue weighted by atomic mass is 16.5. The van der Waals surface area contributed by atoms with Gasteiger partial charge in [0.05, 0.1) is 6.61 Å². The predicted octanol–water partition coefficient (Wildman–Crippen LogP) is 3.56. The molecule has 4 heteroatoms. The number of benzene rings is 1. The standard InChI is InChI=1S/C18H21NO3/c1-2-22-17(20)13-10-14-8-11-16(12-9-14)19-18(21)15-6-4-3-5-7-15/h3-4,8-13,15H,2,5-7H2,1H3,(H,19,21)/b13-10+. The molecular formula is C18H21NO3. The van der Waals surface area contributed by atoms with Crippen molar-refractivity contribution in [3.63, 3.8) is 0 Å². The summed E-state index contributed by atoms with van der Waals surface area (Å²) in [5.74, 6) is -0.224. The van der Waals surface area contributed by atoms with E-state index < -0.39 is 0 Å². The third-order valence-electron chi connectivity index (χ3n) is 3.52. The molecule has 0 radical (unpaired) electrons. The van der Waals surface area contributed by atoms with Gasteiger partial charge in [-0.1, -0.05) is 24.3 Å². The number of hydrogen-bond acceptors (Lipinski definition) is 3. The van der Waals surface area contributed by atoms with Crippen LogP contribution >= 0.6 is 0 Å². The van der Waals surface area contributed by atoms with Crippen molar-refractivity contribution in [3.8, 4) is 0 Å². The summed E-state index contributed by atoms with van der Waals surface area (Å²) in [6, 6.07) is 7.38. The smallest absolute Gasteiger partial charge is 0.330 e. The summed E-state index contributed by atoms with van der Waals surface area (Å²) in [7, 11) is 0. The van der Waals surface area contributed by atoms with Crippen LogP contribution in [0.4, 0.5) is 5.69 Å². The number of amides is 1. The zero-order chi connectivity index (χ0) is 15.8. The number of carbonyl (C=O) groups excluding carboxylic acids is 2. The minimum atomic E-state index is -0.356. The van der Waals surface area contributed by atoms with E-state index in [1.165, 1.54) is 6.08 Å².